The lowest BCUT2D eigenvalue weighted by atomic mass is 9.90. The van der Waals surface area contributed by atoms with E-state index >= 15 is 0 Å². The monoisotopic (exact) mass is 923 g/mol. The van der Waals surface area contributed by atoms with E-state index in [4.69, 9.17) is 0 Å². The summed E-state index contributed by atoms with van der Waals surface area (Å²) in [4.78, 5) is 0. The van der Waals surface area contributed by atoms with Crippen molar-refractivity contribution in [3.8, 4) is 74.1 Å². The van der Waals surface area contributed by atoms with E-state index in [0.29, 0.717) is 67.8 Å². The molecular formula is C59H31F6N5. The summed E-state index contributed by atoms with van der Waals surface area (Å²) in [7, 11) is 0. The molecule has 2 aromatic heterocycles. The Bertz CT molecular complexity index is 4060. The summed E-state index contributed by atoms with van der Waals surface area (Å²) in [6.07, 6.45) is -10.3. The molecule has 2 heterocycles. The van der Waals surface area contributed by atoms with Gasteiger partial charge in [0.1, 0.15) is 0 Å². The predicted octanol–water partition coefficient (Wildman–Crippen LogP) is 16.2. The van der Waals surface area contributed by atoms with Crippen LogP contribution in [0.2, 0.25) is 0 Å². The van der Waals surface area contributed by atoms with Gasteiger partial charge in [-0.05, 0) is 113 Å². The summed E-state index contributed by atoms with van der Waals surface area (Å²) in [6, 6.07) is 59.1. The molecule has 11 heteroatoms. The number of nitriles is 3. The number of benzene rings is 9. The lowest BCUT2D eigenvalue weighted by Gasteiger charge is -2.22. The maximum absolute atomic E-state index is 15.0. The third kappa shape index (κ3) is 7.01. The second-order valence-electron chi connectivity index (χ2n) is 16.8. The third-order valence-electron chi connectivity index (χ3n) is 12.9. The van der Waals surface area contributed by atoms with Gasteiger partial charge in [0.05, 0.1) is 79.5 Å². The van der Waals surface area contributed by atoms with Crippen molar-refractivity contribution in [2.24, 2.45) is 0 Å². The van der Waals surface area contributed by atoms with Crippen molar-refractivity contribution in [1.29, 1.82) is 15.8 Å². The number of nitrogens with zero attached hydrogens (tertiary/aromatic N) is 5. The molecule has 0 unspecified atom stereocenters. The van der Waals surface area contributed by atoms with Crippen LogP contribution in [0.3, 0.4) is 0 Å². The Labute approximate surface area is 395 Å². The minimum Gasteiger partial charge on any atom is -0.309 e. The number of fused-ring (bicyclic) bond motifs is 6. The van der Waals surface area contributed by atoms with Gasteiger partial charge in [-0.1, -0.05) is 103 Å². The van der Waals surface area contributed by atoms with E-state index < -0.39 is 29.0 Å². The van der Waals surface area contributed by atoms with E-state index in [1.54, 1.807) is 48.5 Å². The molecule has 0 saturated heterocycles. The highest BCUT2D eigenvalue weighted by Crippen LogP contribution is 2.48. The van der Waals surface area contributed by atoms with Crippen LogP contribution < -0.4 is 0 Å². The Balaban J connectivity index is 1.25. The molecule has 334 valence electrons. The number of rotatable bonds is 6. The summed E-state index contributed by atoms with van der Waals surface area (Å²) in [5, 5.41) is 33.6. The molecule has 11 aromatic rings. The Hall–Kier alpha value is -9.37. The zero-order valence-corrected chi connectivity index (χ0v) is 36.4. The molecule has 0 spiro atoms. The number of aromatic nitrogens is 2. The van der Waals surface area contributed by atoms with E-state index in [2.05, 4.69) is 18.2 Å². The van der Waals surface area contributed by atoms with Gasteiger partial charge < -0.3 is 9.13 Å². The standard InChI is InChI=1S/C59H31F6N5/c60-58(61,62)49-16-9-17-50(59(63,64)65)57(49)38-23-27-54(69-51-18-7-5-14-43(51)46-29-36(21-25-53(46)69)41-12-3-1-10-39(41)33-67)48(31-38)45-24-20-35(32-66)28-56(45)70-52-19-8-6-15-44(52)47-30-37(22-26-55(47)70)42-13-4-2-11-40(42)34-68/h1-31H. The quantitative estimate of drug-likeness (QED) is 0.156. The maximum Gasteiger partial charge on any atom is 0.417 e. The van der Waals surface area contributed by atoms with Crippen molar-refractivity contribution in [3.63, 3.8) is 0 Å². The molecule has 0 amide bonds. The fourth-order valence-electron chi connectivity index (χ4n) is 9.92. The summed E-state index contributed by atoms with van der Waals surface area (Å²) in [6.45, 7) is 0. The van der Waals surface area contributed by atoms with E-state index in [9.17, 15) is 42.1 Å². The molecule has 11 rings (SSSR count). The fraction of sp³-hybridized carbons (Fsp3) is 0.0339. The van der Waals surface area contributed by atoms with Crippen molar-refractivity contribution in [2.45, 2.75) is 12.4 Å². The lowest BCUT2D eigenvalue weighted by Crippen LogP contribution is -2.14. The first-order valence-electron chi connectivity index (χ1n) is 21.9. The van der Waals surface area contributed by atoms with Gasteiger partial charge in [-0.15, -0.1) is 0 Å². The normalized spacial score (nSPS) is 11.8. The zero-order chi connectivity index (χ0) is 48.5. The van der Waals surface area contributed by atoms with Crippen LogP contribution in [0.5, 0.6) is 0 Å². The molecule has 0 aliphatic rings. The predicted molar refractivity (Wildman–Crippen MR) is 261 cm³/mol. The second-order valence-corrected chi connectivity index (χ2v) is 16.8. The van der Waals surface area contributed by atoms with Crippen LogP contribution in [0.4, 0.5) is 26.3 Å². The average Bonchev–Trinajstić information content (AvgIpc) is 3.89. The van der Waals surface area contributed by atoms with Crippen LogP contribution in [0.1, 0.15) is 27.8 Å². The fourth-order valence-corrected chi connectivity index (χ4v) is 9.92. The number of hydrogen-bond donors (Lipinski definition) is 0. The Morgan fingerprint density at radius 1 is 0.343 bits per heavy atom. The minimum atomic E-state index is -5.15. The van der Waals surface area contributed by atoms with E-state index in [1.807, 2.05) is 118 Å². The van der Waals surface area contributed by atoms with Crippen LogP contribution in [0, 0.1) is 34.0 Å². The van der Waals surface area contributed by atoms with Crippen LogP contribution in [-0.4, -0.2) is 9.13 Å². The Morgan fingerprint density at radius 2 is 0.814 bits per heavy atom. The van der Waals surface area contributed by atoms with Crippen LogP contribution in [0.15, 0.2) is 188 Å². The van der Waals surface area contributed by atoms with Gasteiger partial charge in [-0.25, -0.2) is 0 Å². The lowest BCUT2D eigenvalue weighted by molar-refractivity contribution is -0.142. The Kier molecular flexibility index (Phi) is 10.2. The van der Waals surface area contributed by atoms with Crippen LogP contribution in [0.25, 0.3) is 99.5 Å². The van der Waals surface area contributed by atoms with Crippen LogP contribution >= 0.6 is 0 Å². The summed E-state index contributed by atoms with van der Waals surface area (Å²) in [5.74, 6) is 0. The van der Waals surface area contributed by atoms with E-state index in [1.165, 1.54) is 12.1 Å². The van der Waals surface area contributed by atoms with Crippen molar-refractivity contribution < 1.29 is 26.3 Å². The van der Waals surface area contributed by atoms with Crippen molar-refractivity contribution in [2.75, 3.05) is 0 Å². The summed E-state index contributed by atoms with van der Waals surface area (Å²) >= 11 is 0. The second kappa shape index (κ2) is 16.4. The van der Waals surface area contributed by atoms with E-state index in [-0.39, 0.29) is 16.7 Å². The first-order valence-corrected chi connectivity index (χ1v) is 21.9. The Morgan fingerprint density at radius 3 is 1.33 bits per heavy atom. The average molecular weight is 924 g/mol. The summed E-state index contributed by atoms with van der Waals surface area (Å²) in [5.41, 5.74) is 4.29. The van der Waals surface area contributed by atoms with Gasteiger partial charge in [0.2, 0.25) is 0 Å². The molecule has 0 aliphatic carbocycles. The molecule has 5 nitrogen and oxygen atoms in total. The molecule has 70 heavy (non-hydrogen) atoms. The highest BCUT2D eigenvalue weighted by molar-refractivity contribution is 6.13. The van der Waals surface area contributed by atoms with Gasteiger partial charge in [0, 0.05) is 38.2 Å². The van der Waals surface area contributed by atoms with Gasteiger partial charge in [0.25, 0.3) is 0 Å². The number of alkyl halides is 6. The van der Waals surface area contributed by atoms with Gasteiger partial charge in [-0.2, -0.15) is 42.1 Å². The van der Waals surface area contributed by atoms with Gasteiger partial charge in [0.15, 0.2) is 0 Å². The first-order chi connectivity index (χ1) is 33.9. The highest BCUT2D eigenvalue weighted by Gasteiger charge is 2.41. The van der Waals surface area contributed by atoms with Crippen molar-refractivity contribution in [3.05, 3.63) is 216 Å². The number of para-hydroxylation sites is 2. The topological polar surface area (TPSA) is 81.2 Å². The first kappa shape index (κ1) is 43.2. The molecule has 0 fully saturated rings. The molecule has 0 N–H and O–H groups in total. The number of hydrogen-bond acceptors (Lipinski definition) is 3. The maximum atomic E-state index is 15.0. The molecule has 0 saturated carbocycles. The smallest absolute Gasteiger partial charge is 0.309 e. The molecule has 0 bridgehead atoms. The van der Waals surface area contributed by atoms with Crippen molar-refractivity contribution in [1.82, 2.24) is 9.13 Å². The van der Waals surface area contributed by atoms with Crippen molar-refractivity contribution >= 4 is 43.6 Å². The number of halogens is 6. The molecular weight excluding hydrogens is 893 g/mol. The SMILES string of the molecule is N#Cc1ccc(-c2cc(-c3c(C(F)(F)F)cccc3C(F)(F)F)ccc2-n2c3ccccc3c3cc(-c4ccccc4C#N)ccc32)c(-n2c3ccccc3c3cc(-c4ccccc4C#N)ccc32)c1. The molecule has 0 atom stereocenters. The largest absolute Gasteiger partial charge is 0.417 e. The third-order valence-corrected chi connectivity index (χ3v) is 12.9. The van der Waals surface area contributed by atoms with E-state index in [0.717, 1.165) is 44.3 Å². The molecule has 0 radical (unpaired) electrons. The zero-order valence-electron chi connectivity index (χ0n) is 36.4. The molecule has 0 aliphatic heterocycles. The highest BCUT2D eigenvalue weighted by atomic mass is 19.4. The van der Waals surface area contributed by atoms with Gasteiger partial charge in [-0.3, -0.25) is 0 Å². The summed E-state index contributed by atoms with van der Waals surface area (Å²) < 4.78 is 93.6. The van der Waals surface area contributed by atoms with Crippen LogP contribution in [-0.2, 0) is 12.4 Å². The minimum absolute atomic E-state index is 0.255. The molecule has 9 aromatic carbocycles. The van der Waals surface area contributed by atoms with Gasteiger partial charge >= 0.3 is 12.4 Å².